The van der Waals surface area contributed by atoms with Gasteiger partial charge >= 0.3 is 11.8 Å². The van der Waals surface area contributed by atoms with E-state index in [9.17, 15) is 9.59 Å². The summed E-state index contributed by atoms with van der Waals surface area (Å²) < 4.78 is 1.01. The summed E-state index contributed by atoms with van der Waals surface area (Å²) in [6, 6.07) is 7.73. The molecule has 3 N–H and O–H groups in total. The SMILES string of the molecule is NC(=O)C(=O)NCCc1ccc(Br)cc1. The number of halogens is 1. The highest BCUT2D eigenvalue weighted by molar-refractivity contribution is 9.10. The van der Waals surface area contributed by atoms with Gasteiger partial charge in [-0.1, -0.05) is 28.1 Å². The zero-order chi connectivity index (χ0) is 11.3. The molecule has 0 saturated carbocycles. The van der Waals surface area contributed by atoms with Crippen molar-refractivity contribution in [1.82, 2.24) is 5.32 Å². The summed E-state index contributed by atoms with van der Waals surface area (Å²) in [5.41, 5.74) is 5.86. The van der Waals surface area contributed by atoms with Crippen LogP contribution in [0, 0.1) is 0 Å². The van der Waals surface area contributed by atoms with Gasteiger partial charge in [0.25, 0.3) is 0 Å². The fourth-order valence-corrected chi connectivity index (χ4v) is 1.32. The Bertz CT molecular complexity index is 362. The number of carbonyl (C=O) groups excluding carboxylic acids is 2. The Hall–Kier alpha value is -1.36. The van der Waals surface area contributed by atoms with Crippen molar-refractivity contribution in [2.75, 3.05) is 6.54 Å². The molecule has 2 amide bonds. The van der Waals surface area contributed by atoms with Crippen molar-refractivity contribution >= 4 is 27.7 Å². The first-order valence-electron chi connectivity index (χ1n) is 4.41. The number of primary amides is 1. The predicted molar refractivity (Wildman–Crippen MR) is 60.1 cm³/mol. The second kappa shape index (κ2) is 5.50. The Balaban J connectivity index is 2.35. The Morgan fingerprint density at radius 3 is 2.40 bits per heavy atom. The highest BCUT2D eigenvalue weighted by atomic mass is 79.9. The predicted octanol–water partition coefficient (Wildman–Crippen LogP) is 0.593. The summed E-state index contributed by atoms with van der Waals surface area (Å²) in [7, 11) is 0. The third kappa shape index (κ3) is 4.12. The van der Waals surface area contributed by atoms with Gasteiger partial charge < -0.3 is 11.1 Å². The standard InChI is InChI=1S/C10H11BrN2O2/c11-8-3-1-7(2-4-8)5-6-13-10(15)9(12)14/h1-4H,5-6H2,(H2,12,14)(H,13,15). The average Bonchev–Trinajstić information content (AvgIpc) is 2.20. The molecule has 5 heteroatoms. The second-order valence-electron chi connectivity index (χ2n) is 3.00. The fourth-order valence-electron chi connectivity index (χ4n) is 1.06. The van der Waals surface area contributed by atoms with Crippen molar-refractivity contribution in [3.05, 3.63) is 34.3 Å². The molecule has 4 nitrogen and oxygen atoms in total. The van der Waals surface area contributed by atoms with Crippen molar-refractivity contribution in [2.45, 2.75) is 6.42 Å². The third-order valence-corrected chi connectivity index (χ3v) is 2.36. The van der Waals surface area contributed by atoms with Gasteiger partial charge in [0.05, 0.1) is 0 Å². The fraction of sp³-hybridized carbons (Fsp3) is 0.200. The lowest BCUT2D eigenvalue weighted by molar-refractivity contribution is -0.137. The molecule has 0 aliphatic heterocycles. The van der Waals surface area contributed by atoms with E-state index in [4.69, 9.17) is 5.73 Å². The van der Waals surface area contributed by atoms with Gasteiger partial charge in [0.15, 0.2) is 0 Å². The quantitative estimate of drug-likeness (QED) is 0.790. The Morgan fingerprint density at radius 1 is 1.27 bits per heavy atom. The second-order valence-corrected chi connectivity index (χ2v) is 3.91. The van der Waals surface area contributed by atoms with Gasteiger partial charge in [-0.2, -0.15) is 0 Å². The molecule has 15 heavy (non-hydrogen) atoms. The van der Waals surface area contributed by atoms with Crippen LogP contribution >= 0.6 is 15.9 Å². The van der Waals surface area contributed by atoms with Gasteiger partial charge in [0.2, 0.25) is 0 Å². The molecular weight excluding hydrogens is 260 g/mol. The first kappa shape index (κ1) is 11.7. The van der Waals surface area contributed by atoms with Crippen molar-refractivity contribution in [2.24, 2.45) is 5.73 Å². The van der Waals surface area contributed by atoms with Crippen molar-refractivity contribution in [1.29, 1.82) is 0 Å². The number of carbonyl (C=O) groups is 2. The largest absolute Gasteiger partial charge is 0.361 e. The van der Waals surface area contributed by atoms with Crippen LogP contribution in [0.2, 0.25) is 0 Å². The van der Waals surface area contributed by atoms with E-state index in [1.165, 1.54) is 0 Å². The number of nitrogens with two attached hydrogens (primary N) is 1. The van der Waals surface area contributed by atoms with Crippen LogP contribution in [0.25, 0.3) is 0 Å². The van der Waals surface area contributed by atoms with Gasteiger partial charge in [0.1, 0.15) is 0 Å². The summed E-state index contributed by atoms with van der Waals surface area (Å²) >= 11 is 3.32. The van der Waals surface area contributed by atoms with E-state index in [0.29, 0.717) is 13.0 Å². The smallest absolute Gasteiger partial charge is 0.309 e. The van der Waals surface area contributed by atoms with Gasteiger partial charge in [-0.05, 0) is 24.1 Å². The van der Waals surface area contributed by atoms with Crippen LogP contribution in [0.15, 0.2) is 28.7 Å². The number of hydrogen-bond acceptors (Lipinski definition) is 2. The molecule has 0 heterocycles. The molecule has 0 spiro atoms. The molecule has 0 saturated heterocycles. The minimum Gasteiger partial charge on any atom is -0.361 e. The van der Waals surface area contributed by atoms with Crippen molar-refractivity contribution < 1.29 is 9.59 Å². The van der Waals surface area contributed by atoms with Crippen LogP contribution in [0.4, 0.5) is 0 Å². The summed E-state index contributed by atoms with van der Waals surface area (Å²) in [6.07, 6.45) is 0.673. The summed E-state index contributed by atoms with van der Waals surface area (Å²) in [6.45, 7) is 0.406. The number of rotatable bonds is 3. The van der Waals surface area contributed by atoms with Crippen LogP contribution in [0.5, 0.6) is 0 Å². The van der Waals surface area contributed by atoms with E-state index in [2.05, 4.69) is 21.2 Å². The van der Waals surface area contributed by atoms with Gasteiger partial charge in [0, 0.05) is 11.0 Å². The molecule has 1 aromatic carbocycles. The summed E-state index contributed by atoms with van der Waals surface area (Å²) in [5, 5.41) is 2.42. The summed E-state index contributed by atoms with van der Waals surface area (Å²) in [4.78, 5) is 21.2. The number of benzene rings is 1. The zero-order valence-electron chi connectivity index (χ0n) is 8.00. The van der Waals surface area contributed by atoms with Crippen LogP contribution in [-0.4, -0.2) is 18.4 Å². The van der Waals surface area contributed by atoms with Gasteiger partial charge in [-0.25, -0.2) is 0 Å². The number of amides is 2. The van der Waals surface area contributed by atoms with Crippen molar-refractivity contribution in [3.8, 4) is 0 Å². The van der Waals surface area contributed by atoms with Gasteiger partial charge in [-0.3, -0.25) is 9.59 Å². The van der Waals surface area contributed by atoms with Gasteiger partial charge in [-0.15, -0.1) is 0 Å². The van der Waals surface area contributed by atoms with E-state index in [0.717, 1.165) is 10.0 Å². The highest BCUT2D eigenvalue weighted by Gasteiger charge is 2.06. The minimum atomic E-state index is -0.953. The lowest BCUT2D eigenvalue weighted by Gasteiger charge is -2.02. The van der Waals surface area contributed by atoms with E-state index in [-0.39, 0.29) is 0 Å². The maximum Gasteiger partial charge on any atom is 0.309 e. The minimum absolute atomic E-state index is 0.406. The molecular formula is C10H11BrN2O2. The molecule has 1 rings (SSSR count). The number of nitrogens with one attached hydrogen (secondary N) is 1. The van der Waals surface area contributed by atoms with E-state index >= 15 is 0 Å². The maximum absolute atomic E-state index is 10.8. The monoisotopic (exact) mass is 270 g/mol. The number of hydrogen-bond donors (Lipinski definition) is 2. The highest BCUT2D eigenvalue weighted by Crippen LogP contribution is 2.10. The topological polar surface area (TPSA) is 72.2 Å². The third-order valence-electron chi connectivity index (χ3n) is 1.84. The van der Waals surface area contributed by atoms with E-state index in [1.54, 1.807) is 0 Å². The molecule has 0 aliphatic rings. The van der Waals surface area contributed by atoms with Crippen LogP contribution in [0.3, 0.4) is 0 Å². The molecule has 1 aromatic rings. The van der Waals surface area contributed by atoms with Crippen molar-refractivity contribution in [3.63, 3.8) is 0 Å². The van der Waals surface area contributed by atoms with Crippen LogP contribution in [0.1, 0.15) is 5.56 Å². The summed E-state index contributed by atoms with van der Waals surface area (Å²) in [5.74, 6) is -1.70. The molecule has 0 unspecified atom stereocenters. The Kier molecular flexibility index (Phi) is 4.30. The van der Waals surface area contributed by atoms with E-state index in [1.807, 2.05) is 24.3 Å². The molecule has 0 atom stereocenters. The van der Waals surface area contributed by atoms with Crippen LogP contribution in [-0.2, 0) is 16.0 Å². The first-order chi connectivity index (χ1) is 7.09. The molecule has 0 aromatic heterocycles. The van der Waals surface area contributed by atoms with E-state index < -0.39 is 11.8 Å². The van der Waals surface area contributed by atoms with Crippen LogP contribution < -0.4 is 11.1 Å². The average molecular weight is 271 g/mol. The molecule has 80 valence electrons. The lowest BCUT2D eigenvalue weighted by Crippen LogP contribution is -2.37. The normalized spacial score (nSPS) is 9.67. The molecule has 0 fully saturated rings. The molecule has 0 aliphatic carbocycles. The zero-order valence-corrected chi connectivity index (χ0v) is 9.58. The Labute approximate surface area is 96.0 Å². The molecule has 0 radical (unpaired) electrons. The first-order valence-corrected chi connectivity index (χ1v) is 5.21. The Morgan fingerprint density at radius 2 is 1.87 bits per heavy atom. The maximum atomic E-state index is 10.8. The molecule has 0 bridgehead atoms. The lowest BCUT2D eigenvalue weighted by atomic mass is 10.1.